The molecule has 16 heteroatoms. The van der Waals surface area contributed by atoms with E-state index in [1.54, 1.807) is 6.92 Å². The molecule has 1 aromatic carbocycles. The maximum Gasteiger partial charge on any atom is 0.244 e. The number of primary amides is 1. The molecule has 2 fully saturated rings. The highest BCUT2D eigenvalue weighted by Crippen LogP contribution is 2.14. The molecule has 0 radical (unpaired) electrons. The summed E-state index contributed by atoms with van der Waals surface area (Å²) in [5.41, 5.74) is 6.93. The molecule has 12 N–H and O–H groups in total. The molecule has 0 aliphatic carbocycles. The minimum Gasteiger partial charge on any atom is -0.368 e. The summed E-state index contributed by atoms with van der Waals surface area (Å²) in [5, 5.41) is 34.2. The molecular weight excluding hydrogens is 699 g/mol. The van der Waals surface area contributed by atoms with Crippen LogP contribution in [0.1, 0.15) is 38.2 Å². The van der Waals surface area contributed by atoms with Crippen LogP contribution in [0.5, 0.6) is 0 Å². The Morgan fingerprint density at radius 1 is 0.636 bits per heavy atom. The maximum absolute atomic E-state index is 14.2. The minimum atomic E-state index is -0.632. The topological polar surface area (TPSA) is 204 Å². The summed E-state index contributed by atoms with van der Waals surface area (Å²) in [6.07, 6.45) is 4.04. The third-order valence-electron chi connectivity index (χ3n) is 10.1. The molecule has 3 rings (SSSR count). The van der Waals surface area contributed by atoms with Gasteiger partial charge in [0.15, 0.2) is 0 Å². The van der Waals surface area contributed by atoms with E-state index in [0.29, 0.717) is 45.6 Å². The van der Waals surface area contributed by atoms with Gasteiger partial charge in [-0.05, 0) is 44.6 Å². The zero-order chi connectivity index (χ0) is 39.2. The molecule has 0 spiro atoms. The SMILES string of the molecule is C[C@H](NC(=O)[C@H](Cc1ccccc1)N1CCNCCNCCNCCNCCNCCNCCNCCNCCNC(C(N)=O)CC1)C(=O)N1CCCCC1. The molecule has 2 aliphatic rings. The maximum atomic E-state index is 14.2. The number of carbonyl (C=O) groups excluding carboxylic acids is 3. The standard InChI is InChI=1S/C39H75N13O3/c1-33(39(55)52-28-6-3-7-29-52)50-38(54)36(32-34-8-4-2-5-9-34)51-30-10-35(37(40)53)49-26-25-47-22-21-45-18-17-43-14-13-41-11-12-42-15-16-44-19-20-46-23-24-48-27-31-51/h2,4-5,8-9,33,35-36,41-49H,3,6-7,10-32H2,1H3,(H2,40,53)(H,50,54)/t33-,35?,36-/m0/s1. The largest absolute Gasteiger partial charge is 0.368 e. The molecule has 1 unspecified atom stereocenters. The molecule has 314 valence electrons. The lowest BCUT2D eigenvalue weighted by atomic mass is 10.0. The normalized spacial score (nSPS) is 23.0. The van der Waals surface area contributed by atoms with Crippen LogP contribution in [0, 0.1) is 0 Å². The van der Waals surface area contributed by atoms with Crippen LogP contribution >= 0.6 is 0 Å². The second-order valence-electron chi connectivity index (χ2n) is 14.6. The average molecular weight is 774 g/mol. The zero-order valence-electron chi connectivity index (χ0n) is 33.7. The Hall–Kier alpha value is -2.77. The van der Waals surface area contributed by atoms with E-state index in [-0.39, 0.29) is 11.8 Å². The Balaban J connectivity index is 1.64. The first kappa shape index (κ1) is 46.6. The van der Waals surface area contributed by atoms with Gasteiger partial charge in [-0.3, -0.25) is 19.3 Å². The van der Waals surface area contributed by atoms with Gasteiger partial charge < -0.3 is 63.8 Å². The molecule has 0 bridgehead atoms. The van der Waals surface area contributed by atoms with Crippen LogP contribution < -0.4 is 58.9 Å². The molecule has 2 saturated heterocycles. The quantitative estimate of drug-likeness (QED) is 0.134. The van der Waals surface area contributed by atoms with Crippen molar-refractivity contribution < 1.29 is 14.4 Å². The average Bonchev–Trinajstić information content (AvgIpc) is 3.19. The zero-order valence-corrected chi connectivity index (χ0v) is 33.7. The fourth-order valence-corrected chi connectivity index (χ4v) is 6.84. The van der Waals surface area contributed by atoms with Crippen LogP contribution in [0.4, 0.5) is 0 Å². The summed E-state index contributed by atoms with van der Waals surface area (Å²) in [6, 6.07) is 8.25. The van der Waals surface area contributed by atoms with Gasteiger partial charge in [0.2, 0.25) is 17.7 Å². The van der Waals surface area contributed by atoms with Crippen molar-refractivity contribution in [3.8, 4) is 0 Å². The van der Waals surface area contributed by atoms with Gasteiger partial charge in [0.25, 0.3) is 0 Å². The van der Waals surface area contributed by atoms with Gasteiger partial charge in [-0.25, -0.2) is 0 Å². The molecule has 55 heavy (non-hydrogen) atoms. The molecule has 2 heterocycles. The molecule has 3 amide bonds. The van der Waals surface area contributed by atoms with Crippen molar-refractivity contribution >= 4 is 17.7 Å². The van der Waals surface area contributed by atoms with Crippen molar-refractivity contribution in [2.75, 3.05) is 137 Å². The van der Waals surface area contributed by atoms with Crippen molar-refractivity contribution in [1.29, 1.82) is 0 Å². The summed E-state index contributed by atoms with van der Waals surface area (Å²) in [6.45, 7) is 18.8. The molecule has 0 aromatic heterocycles. The number of amides is 3. The summed E-state index contributed by atoms with van der Waals surface area (Å²) >= 11 is 0. The second-order valence-corrected chi connectivity index (χ2v) is 14.6. The Labute approximate surface area is 330 Å². The van der Waals surface area contributed by atoms with Gasteiger partial charge in [-0.2, -0.15) is 0 Å². The molecule has 2 aliphatic heterocycles. The van der Waals surface area contributed by atoms with Crippen LogP contribution in [0.2, 0.25) is 0 Å². The van der Waals surface area contributed by atoms with Gasteiger partial charge in [-0.15, -0.1) is 0 Å². The molecule has 1 aromatic rings. The number of nitrogens with one attached hydrogen (secondary N) is 10. The fourth-order valence-electron chi connectivity index (χ4n) is 6.84. The van der Waals surface area contributed by atoms with E-state index < -0.39 is 24.0 Å². The van der Waals surface area contributed by atoms with Crippen LogP contribution in [0.3, 0.4) is 0 Å². The number of likely N-dealkylation sites (tertiary alicyclic amines) is 1. The van der Waals surface area contributed by atoms with E-state index >= 15 is 0 Å². The smallest absolute Gasteiger partial charge is 0.244 e. The van der Waals surface area contributed by atoms with Crippen molar-refractivity contribution in [3.05, 3.63) is 35.9 Å². The van der Waals surface area contributed by atoms with Gasteiger partial charge >= 0.3 is 0 Å². The lowest BCUT2D eigenvalue weighted by molar-refractivity contribution is -0.138. The summed E-state index contributed by atoms with van der Waals surface area (Å²) in [7, 11) is 0. The number of hydrogen-bond acceptors (Lipinski definition) is 13. The molecule has 3 atom stereocenters. The van der Waals surface area contributed by atoms with Crippen LogP contribution in [0.15, 0.2) is 30.3 Å². The number of hydrogen-bond donors (Lipinski definition) is 11. The third kappa shape index (κ3) is 21.4. The van der Waals surface area contributed by atoms with Gasteiger partial charge in [0, 0.05) is 137 Å². The van der Waals surface area contributed by atoms with E-state index in [1.807, 2.05) is 35.2 Å². The van der Waals surface area contributed by atoms with Crippen LogP contribution in [0.25, 0.3) is 0 Å². The number of nitrogens with two attached hydrogens (primary N) is 1. The summed E-state index contributed by atoms with van der Waals surface area (Å²) in [4.78, 5) is 44.1. The lowest BCUT2D eigenvalue weighted by Gasteiger charge is -2.34. The number of nitrogens with zero attached hydrogens (tertiary/aromatic N) is 2. The van der Waals surface area contributed by atoms with Crippen molar-refractivity contribution in [3.63, 3.8) is 0 Å². The first-order valence-corrected chi connectivity index (χ1v) is 21.0. The van der Waals surface area contributed by atoms with Gasteiger partial charge in [0.1, 0.15) is 6.04 Å². The monoisotopic (exact) mass is 774 g/mol. The number of piperidine rings is 1. The summed E-state index contributed by atoms with van der Waals surface area (Å²) < 4.78 is 0. The number of benzene rings is 1. The van der Waals surface area contributed by atoms with Gasteiger partial charge in [-0.1, -0.05) is 30.3 Å². The van der Waals surface area contributed by atoms with Crippen LogP contribution in [-0.2, 0) is 20.8 Å². The van der Waals surface area contributed by atoms with E-state index in [2.05, 4.69) is 58.1 Å². The molecular formula is C39H75N13O3. The highest BCUT2D eigenvalue weighted by Gasteiger charge is 2.31. The predicted molar refractivity (Wildman–Crippen MR) is 222 cm³/mol. The second kappa shape index (κ2) is 30.4. The van der Waals surface area contributed by atoms with E-state index in [4.69, 9.17) is 5.73 Å². The molecule has 0 saturated carbocycles. The lowest BCUT2D eigenvalue weighted by Crippen LogP contribution is -2.56. The Bertz CT molecular complexity index is 1150. The van der Waals surface area contributed by atoms with Crippen molar-refractivity contribution in [2.45, 2.75) is 57.2 Å². The number of rotatable bonds is 7. The Morgan fingerprint density at radius 2 is 1.09 bits per heavy atom. The highest BCUT2D eigenvalue weighted by atomic mass is 16.2. The van der Waals surface area contributed by atoms with Gasteiger partial charge in [0.05, 0.1) is 12.1 Å². The van der Waals surface area contributed by atoms with Crippen molar-refractivity contribution in [1.82, 2.24) is 63.0 Å². The van der Waals surface area contributed by atoms with Crippen molar-refractivity contribution in [2.24, 2.45) is 5.73 Å². The minimum absolute atomic E-state index is 0.0357. The first-order chi connectivity index (χ1) is 27.0. The highest BCUT2D eigenvalue weighted by molar-refractivity contribution is 5.89. The predicted octanol–water partition coefficient (Wildman–Crippen LogP) is -3.02. The van der Waals surface area contributed by atoms with Crippen LogP contribution in [-0.4, -0.2) is 183 Å². The van der Waals surface area contributed by atoms with E-state index in [9.17, 15) is 14.4 Å². The first-order valence-electron chi connectivity index (χ1n) is 21.0. The Kier molecular flexibility index (Phi) is 25.7. The number of carbonyl (C=O) groups is 3. The Morgan fingerprint density at radius 3 is 1.56 bits per heavy atom. The van der Waals surface area contributed by atoms with E-state index in [0.717, 1.165) is 130 Å². The molecule has 16 nitrogen and oxygen atoms in total. The summed E-state index contributed by atoms with van der Waals surface area (Å²) in [5.74, 6) is -0.634. The fraction of sp³-hybridized carbons (Fsp3) is 0.769. The van der Waals surface area contributed by atoms with E-state index in [1.165, 1.54) is 0 Å². The third-order valence-corrected chi connectivity index (χ3v) is 10.1.